The van der Waals surface area contributed by atoms with E-state index in [1.54, 1.807) is 0 Å². The first-order chi connectivity index (χ1) is 10.0. The zero-order valence-electron chi connectivity index (χ0n) is 13.0. The van der Waals surface area contributed by atoms with E-state index in [4.69, 9.17) is 4.74 Å². The molecule has 0 aliphatic carbocycles. The fourth-order valence-corrected chi connectivity index (χ4v) is 3.46. The van der Waals surface area contributed by atoms with Gasteiger partial charge in [-0.25, -0.2) is 0 Å². The minimum absolute atomic E-state index is 0.120. The number of anilines is 1. The van der Waals surface area contributed by atoms with Gasteiger partial charge in [0.2, 0.25) is 5.91 Å². The van der Waals surface area contributed by atoms with Crippen molar-refractivity contribution in [3.63, 3.8) is 0 Å². The van der Waals surface area contributed by atoms with Crippen LogP contribution in [0.3, 0.4) is 0 Å². The van der Waals surface area contributed by atoms with Gasteiger partial charge in [-0.05, 0) is 63.8 Å². The van der Waals surface area contributed by atoms with Gasteiger partial charge in [0.25, 0.3) is 0 Å². The lowest BCUT2D eigenvalue weighted by Gasteiger charge is -2.20. The number of fused-ring (bicyclic) bond motifs is 2. The molecule has 0 radical (unpaired) electrons. The molecule has 2 bridgehead atoms. The molecule has 2 fully saturated rings. The van der Waals surface area contributed by atoms with Crippen LogP contribution in [0.15, 0.2) is 18.2 Å². The van der Waals surface area contributed by atoms with E-state index in [1.807, 2.05) is 39.0 Å². The summed E-state index contributed by atoms with van der Waals surface area (Å²) in [6.45, 7) is 6.02. The number of hydrogen-bond donors (Lipinski definition) is 2. The number of carbonyl (C=O) groups excluding carboxylic acids is 1. The summed E-state index contributed by atoms with van der Waals surface area (Å²) < 4.78 is 5.67. The summed E-state index contributed by atoms with van der Waals surface area (Å²) in [5.74, 6) is 1.12. The molecular weight excluding hydrogens is 264 g/mol. The lowest BCUT2D eigenvalue weighted by atomic mass is 9.88. The van der Waals surface area contributed by atoms with Gasteiger partial charge in [0, 0.05) is 17.8 Å². The summed E-state index contributed by atoms with van der Waals surface area (Å²) in [5, 5.41) is 6.59. The summed E-state index contributed by atoms with van der Waals surface area (Å²) in [5.41, 5.74) is 1.93. The lowest BCUT2D eigenvalue weighted by Crippen LogP contribution is -2.33. The van der Waals surface area contributed by atoms with Gasteiger partial charge in [0.05, 0.1) is 12.0 Å². The number of benzene rings is 1. The van der Waals surface area contributed by atoms with E-state index in [9.17, 15) is 4.79 Å². The third-order valence-corrected chi connectivity index (χ3v) is 4.46. The van der Waals surface area contributed by atoms with Crippen LogP contribution in [0.4, 0.5) is 5.69 Å². The highest BCUT2D eigenvalue weighted by Crippen LogP contribution is 2.34. The fourth-order valence-electron chi connectivity index (χ4n) is 3.46. The first-order valence-electron chi connectivity index (χ1n) is 7.87. The largest absolute Gasteiger partial charge is 0.491 e. The molecule has 2 heterocycles. The molecule has 2 aliphatic heterocycles. The second kappa shape index (κ2) is 5.68. The van der Waals surface area contributed by atoms with Crippen LogP contribution in [-0.4, -0.2) is 24.1 Å². The Hall–Kier alpha value is -1.55. The maximum absolute atomic E-state index is 12.4. The molecule has 1 aromatic rings. The molecule has 1 amide bonds. The fraction of sp³-hybridized carbons (Fsp3) is 0.588. The number of nitrogens with one attached hydrogen (secondary N) is 2. The van der Waals surface area contributed by atoms with Gasteiger partial charge in [-0.15, -0.1) is 0 Å². The highest BCUT2D eigenvalue weighted by molar-refractivity contribution is 5.94. The summed E-state index contributed by atoms with van der Waals surface area (Å²) in [6.07, 6.45) is 3.48. The molecule has 2 N–H and O–H groups in total. The number of hydrogen-bond acceptors (Lipinski definition) is 3. The first-order valence-corrected chi connectivity index (χ1v) is 7.87. The van der Waals surface area contributed by atoms with Crippen LogP contribution in [-0.2, 0) is 4.79 Å². The number of amides is 1. The monoisotopic (exact) mass is 288 g/mol. The van der Waals surface area contributed by atoms with Crippen LogP contribution >= 0.6 is 0 Å². The molecule has 3 unspecified atom stereocenters. The standard InChI is InChI=1S/C17H24N2O2/c1-10(2)21-13-5-7-15(11(3)8-13)19-17(20)14-9-12-4-6-16(14)18-12/h5,7-8,10,12,14,16,18H,4,6,9H2,1-3H3,(H,19,20). The molecule has 3 rings (SSSR count). The number of rotatable bonds is 4. The Balaban J connectivity index is 1.66. The number of aryl methyl sites for hydroxylation is 1. The zero-order chi connectivity index (χ0) is 15.0. The molecule has 1 aromatic carbocycles. The van der Waals surface area contributed by atoms with Gasteiger partial charge in [-0.2, -0.15) is 0 Å². The molecule has 0 spiro atoms. The van der Waals surface area contributed by atoms with E-state index in [-0.39, 0.29) is 17.9 Å². The SMILES string of the molecule is Cc1cc(OC(C)C)ccc1NC(=O)C1CC2CCC1N2. The molecule has 2 aliphatic rings. The van der Waals surface area contributed by atoms with Gasteiger partial charge in [0.1, 0.15) is 5.75 Å². The van der Waals surface area contributed by atoms with Crippen LogP contribution in [0.25, 0.3) is 0 Å². The molecule has 3 atom stereocenters. The summed E-state index contributed by atoms with van der Waals surface area (Å²) in [4.78, 5) is 12.4. The summed E-state index contributed by atoms with van der Waals surface area (Å²) >= 11 is 0. The number of ether oxygens (including phenoxy) is 1. The average Bonchev–Trinajstić information content (AvgIpc) is 3.03. The molecule has 4 heteroatoms. The molecule has 4 nitrogen and oxygen atoms in total. The minimum Gasteiger partial charge on any atom is -0.491 e. The summed E-state index contributed by atoms with van der Waals surface area (Å²) in [7, 11) is 0. The average molecular weight is 288 g/mol. The van der Waals surface area contributed by atoms with Crippen LogP contribution < -0.4 is 15.4 Å². The molecule has 2 saturated heterocycles. The predicted molar refractivity (Wildman–Crippen MR) is 83.6 cm³/mol. The Morgan fingerprint density at radius 1 is 1.38 bits per heavy atom. The van der Waals surface area contributed by atoms with Crippen LogP contribution in [0, 0.1) is 12.8 Å². The summed E-state index contributed by atoms with van der Waals surface area (Å²) in [6, 6.07) is 6.76. The second-order valence-electron chi connectivity index (χ2n) is 6.52. The Morgan fingerprint density at radius 2 is 2.19 bits per heavy atom. The van der Waals surface area contributed by atoms with Gasteiger partial charge in [0.15, 0.2) is 0 Å². The Labute approximate surface area is 126 Å². The topological polar surface area (TPSA) is 50.4 Å². The van der Waals surface area contributed by atoms with E-state index in [2.05, 4.69) is 10.6 Å². The molecular formula is C17H24N2O2. The number of carbonyl (C=O) groups is 1. The molecule has 21 heavy (non-hydrogen) atoms. The highest BCUT2D eigenvalue weighted by Gasteiger charge is 2.42. The van der Waals surface area contributed by atoms with Crippen molar-refractivity contribution in [1.29, 1.82) is 0 Å². The first kappa shape index (κ1) is 14.4. The van der Waals surface area contributed by atoms with Crippen molar-refractivity contribution in [3.05, 3.63) is 23.8 Å². The van der Waals surface area contributed by atoms with Crippen molar-refractivity contribution < 1.29 is 9.53 Å². The van der Waals surface area contributed by atoms with Crippen molar-refractivity contribution in [3.8, 4) is 5.75 Å². The van der Waals surface area contributed by atoms with Crippen molar-refractivity contribution in [2.24, 2.45) is 5.92 Å². The zero-order valence-corrected chi connectivity index (χ0v) is 13.0. The van der Waals surface area contributed by atoms with Crippen molar-refractivity contribution in [1.82, 2.24) is 5.32 Å². The predicted octanol–water partition coefficient (Wildman–Crippen LogP) is 2.86. The third-order valence-electron chi connectivity index (χ3n) is 4.46. The Kier molecular flexibility index (Phi) is 3.89. The van der Waals surface area contributed by atoms with E-state index in [0.717, 1.165) is 29.8 Å². The van der Waals surface area contributed by atoms with Crippen molar-refractivity contribution >= 4 is 11.6 Å². The van der Waals surface area contributed by atoms with E-state index >= 15 is 0 Å². The maximum atomic E-state index is 12.4. The maximum Gasteiger partial charge on any atom is 0.229 e. The van der Waals surface area contributed by atoms with Crippen LogP contribution in [0.1, 0.15) is 38.7 Å². The molecule has 114 valence electrons. The lowest BCUT2D eigenvalue weighted by molar-refractivity contribution is -0.120. The Morgan fingerprint density at radius 3 is 2.76 bits per heavy atom. The van der Waals surface area contributed by atoms with Gasteiger partial charge in [-0.1, -0.05) is 0 Å². The van der Waals surface area contributed by atoms with E-state index in [0.29, 0.717) is 12.1 Å². The smallest absolute Gasteiger partial charge is 0.229 e. The third kappa shape index (κ3) is 3.05. The van der Waals surface area contributed by atoms with Gasteiger partial charge >= 0.3 is 0 Å². The van der Waals surface area contributed by atoms with E-state index < -0.39 is 0 Å². The van der Waals surface area contributed by atoms with Crippen LogP contribution in [0.2, 0.25) is 0 Å². The second-order valence-corrected chi connectivity index (χ2v) is 6.52. The highest BCUT2D eigenvalue weighted by atomic mass is 16.5. The minimum atomic E-state index is 0.120. The van der Waals surface area contributed by atoms with Crippen molar-refractivity contribution in [2.45, 2.75) is 58.2 Å². The van der Waals surface area contributed by atoms with Gasteiger partial charge < -0.3 is 15.4 Å². The normalized spacial score (nSPS) is 27.1. The Bertz CT molecular complexity index is 542. The van der Waals surface area contributed by atoms with Crippen molar-refractivity contribution in [2.75, 3.05) is 5.32 Å². The van der Waals surface area contributed by atoms with Crippen LogP contribution in [0.5, 0.6) is 5.75 Å². The quantitative estimate of drug-likeness (QED) is 0.895. The van der Waals surface area contributed by atoms with Gasteiger partial charge in [-0.3, -0.25) is 4.79 Å². The molecule has 0 saturated carbocycles. The molecule has 0 aromatic heterocycles. The van der Waals surface area contributed by atoms with E-state index in [1.165, 1.54) is 6.42 Å².